The number of allylic oxidation sites excluding steroid dienone is 5. The molecule has 0 radical (unpaired) electrons. The van der Waals surface area contributed by atoms with Gasteiger partial charge in [-0.1, -0.05) is 42.5 Å². The van der Waals surface area contributed by atoms with E-state index in [-0.39, 0.29) is 34.6 Å². The summed E-state index contributed by atoms with van der Waals surface area (Å²) in [6.45, 7) is 9.19. The van der Waals surface area contributed by atoms with Crippen LogP contribution in [-0.4, -0.2) is 48.9 Å². The Balaban J connectivity index is 1.49. The van der Waals surface area contributed by atoms with Crippen LogP contribution in [0.2, 0.25) is 0 Å². The molecule has 0 atom stereocenters. The standard InChI is InChI=1S/C35H43F2N7O3/c1-6-22(11-10-21(2)24-18-44(19-24)20-26-15-14-25(17-41-26)35(3,36)37)27-8-7-9-28(32(27)47-5)42-29(31(39)34(46)40-4)16-30(38)43-33(45)23-12-13-23/h6-11,14-17,23-24,42H,1,12-13,18-20,38-39H2,2-5H3,(H,40,46)(H,43,45)/b21-10+,22-11+,30-16+,31-29+. The molecule has 1 aromatic carbocycles. The van der Waals surface area contributed by atoms with Crippen LogP contribution in [0.4, 0.5) is 14.5 Å². The van der Waals surface area contributed by atoms with Crippen molar-refractivity contribution in [2.45, 2.75) is 39.2 Å². The van der Waals surface area contributed by atoms with Crippen molar-refractivity contribution in [3.8, 4) is 5.75 Å². The Bertz CT molecular complexity index is 1610. The minimum Gasteiger partial charge on any atom is -0.494 e. The number of carbonyl (C=O) groups is 2. The lowest BCUT2D eigenvalue weighted by atomic mass is 9.91. The molecule has 1 saturated heterocycles. The summed E-state index contributed by atoms with van der Waals surface area (Å²) >= 11 is 0. The summed E-state index contributed by atoms with van der Waals surface area (Å²) in [5.74, 6) is -2.80. The fourth-order valence-corrected chi connectivity index (χ4v) is 5.07. The third kappa shape index (κ3) is 9.07. The maximum Gasteiger partial charge on any atom is 0.272 e. The van der Waals surface area contributed by atoms with E-state index < -0.39 is 11.8 Å². The molecule has 0 unspecified atom stereocenters. The average Bonchev–Trinajstić information content (AvgIpc) is 3.87. The number of nitrogens with one attached hydrogen (secondary N) is 3. The second-order valence-electron chi connectivity index (χ2n) is 11.8. The van der Waals surface area contributed by atoms with Gasteiger partial charge in [-0.15, -0.1) is 0 Å². The van der Waals surface area contributed by atoms with Gasteiger partial charge >= 0.3 is 0 Å². The van der Waals surface area contributed by atoms with Gasteiger partial charge in [-0.3, -0.25) is 19.5 Å². The van der Waals surface area contributed by atoms with Crippen molar-refractivity contribution in [1.82, 2.24) is 20.5 Å². The van der Waals surface area contributed by atoms with Crippen molar-refractivity contribution in [1.29, 1.82) is 0 Å². The molecule has 0 spiro atoms. The number of carbonyl (C=O) groups excluding carboxylic acids is 2. The molecule has 12 heteroatoms. The SMILES string of the molecule is C=C/C(=C\C=C(/C)C1CN(Cc2ccc(C(C)(F)F)cn2)C1)c1cccc(NC(/C=C(\N)NC(=O)C2CC2)=C(/N)C(=O)NC)c1OC. The van der Waals surface area contributed by atoms with Gasteiger partial charge in [-0.05, 0) is 43.5 Å². The van der Waals surface area contributed by atoms with Gasteiger partial charge in [0.2, 0.25) is 5.91 Å². The lowest BCUT2D eigenvalue weighted by Gasteiger charge is -2.39. The first-order valence-corrected chi connectivity index (χ1v) is 15.3. The van der Waals surface area contributed by atoms with E-state index in [0.717, 1.165) is 49.7 Å². The van der Waals surface area contributed by atoms with Crippen LogP contribution in [0.25, 0.3) is 5.57 Å². The molecule has 250 valence electrons. The molecular weight excluding hydrogens is 604 g/mol. The van der Waals surface area contributed by atoms with E-state index in [4.69, 9.17) is 16.2 Å². The summed E-state index contributed by atoms with van der Waals surface area (Å²) in [5, 5.41) is 8.30. The molecule has 4 rings (SSSR count). The maximum atomic E-state index is 13.5. The third-order valence-electron chi connectivity index (χ3n) is 8.14. The van der Waals surface area contributed by atoms with E-state index in [2.05, 4.69) is 45.4 Å². The zero-order valence-corrected chi connectivity index (χ0v) is 27.2. The van der Waals surface area contributed by atoms with Gasteiger partial charge in [0, 0.05) is 68.8 Å². The van der Waals surface area contributed by atoms with E-state index in [1.807, 2.05) is 18.2 Å². The number of rotatable bonds is 14. The number of nitrogens with two attached hydrogens (primary N) is 2. The summed E-state index contributed by atoms with van der Waals surface area (Å²) in [6, 6.07) is 8.58. The van der Waals surface area contributed by atoms with Gasteiger partial charge in [0.15, 0.2) is 0 Å². The highest BCUT2D eigenvalue weighted by molar-refractivity contribution is 5.94. The number of amides is 2. The molecule has 0 bridgehead atoms. The van der Waals surface area contributed by atoms with Crippen LogP contribution in [0, 0.1) is 11.8 Å². The molecule has 1 aliphatic carbocycles. The summed E-state index contributed by atoms with van der Waals surface area (Å²) in [5.41, 5.74) is 16.2. The largest absolute Gasteiger partial charge is 0.494 e. The highest BCUT2D eigenvalue weighted by Gasteiger charge is 2.30. The van der Waals surface area contributed by atoms with Crippen molar-refractivity contribution in [2.24, 2.45) is 23.3 Å². The monoisotopic (exact) mass is 647 g/mol. The zero-order valence-electron chi connectivity index (χ0n) is 27.2. The average molecular weight is 648 g/mol. The number of para-hydroxylation sites is 1. The number of hydrogen-bond donors (Lipinski definition) is 5. The third-order valence-corrected chi connectivity index (χ3v) is 8.14. The van der Waals surface area contributed by atoms with Crippen LogP contribution in [0.5, 0.6) is 5.75 Å². The molecule has 10 nitrogen and oxygen atoms in total. The van der Waals surface area contributed by atoms with Gasteiger partial charge in [0.05, 0.1) is 24.2 Å². The Hall–Kier alpha value is -4.97. The summed E-state index contributed by atoms with van der Waals surface area (Å²) in [6.07, 6.45) is 10.0. The van der Waals surface area contributed by atoms with Crippen molar-refractivity contribution >= 4 is 23.1 Å². The van der Waals surface area contributed by atoms with Crippen molar-refractivity contribution in [3.05, 3.63) is 107 Å². The molecule has 2 fully saturated rings. The van der Waals surface area contributed by atoms with Crippen LogP contribution in [0.15, 0.2) is 90.2 Å². The van der Waals surface area contributed by atoms with Crippen LogP contribution in [0.3, 0.4) is 0 Å². The normalized spacial score (nSPS) is 16.9. The molecule has 2 amide bonds. The summed E-state index contributed by atoms with van der Waals surface area (Å²) < 4.78 is 32.8. The Kier molecular flexibility index (Phi) is 11.2. The van der Waals surface area contributed by atoms with E-state index in [1.165, 1.54) is 38.1 Å². The number of likely N-dealkylation sites (N-methyl/N-ethyl adjacent to an activating group) is 1. The Morgan fingerprint density at radius 2 is 1.87 bits per heavy atom. The Morgan fingerprint density at radius 1 is 1.15 bits per heavy atom. The first kappa shape index (κ1) is 34.9. The molecule has 1 aromatic heterocycles. The maximum absolute atomic E-state index is 13.5. The predicted octanol–water partition coefficient (Wildman–Crippen LogP) is 4.50. The lowest BCUT2D eigenvalue weighted by Crippen LogP contribution is -2.46. The molecular formula is C35H43F2N7O3. The molecule has 47 heavy (non-hydrogen) atoms. The quantitative estimate of drug-likeness (QED) is 0.149. The van der Waals surface area contributed by atoms with Crippen molar-refractivity contribution in [3.63, 3.8) is 0 Å². The van der Waals surface area contributed by atoms with E-state index in [9.17, 15) is 18.4 Å². The number of halogens is 2. The molecule has 2 aliphatic rings. The van der Waals surface area contributed by atoms with E-state index in [1.54, 1.807) is 18.2 Å². The van der Waals surface area contributed by atoms with Crippen LogP contribution in [-0.2, 0) is 22.1 Å². The molecule has 7 N–H and O–H groups in total. The molecule has 2 aromatic rings. The number of nitrogens with zero attached hydrogens (tertiary/aromatic N) is 2. The van der Waals surface area contributed by atoms with Gasteiger partial charge < -0.3 is 32.2 Å². The van der Waals surface area contributed by atoms with Crippen LogP contribution >= 0.6 is 0 Å². The summed E-state index contributed by atoms with van der Waals surface area (Å²) in [4.78, 5) is 31.1. The van der Waals surface area contributed by atoms with Gasteiger partial charge in [0.25, 0.3) is 11.8 Å². The second kappa shape index (κ2) is 15.1. The molecule has 2 heterocycles. The minimum absolute atomic E-state index is 0.0449. The number of anilines is 1. The second-order valence-corrected chi connectivity index (χ2v) is 11.8. The van der Waals surface area contributed by atoms with Crippen molar-refractivity contribution in [2.75, 3.05) is 32.6 Å². The summed E-state index contributed by atoms with van der Waals surface area (Å²) in [7, 11) is 3.00. The Morgan fingerprint density at radius 3 is 2.45 bits per heavy atom. The number of alkyl halides is 2. The molecule has 1 saturated carbocycles. The fourth-order valence-electron chi connectivity index (χ4n) is 5.07. The number of likely N-dealkylation sites (tertiary alicyclic amines) is 1. The Labute approximate surface area is 274 Å². The number of methoxy groups -OCH3 is 1. The number of ether oxygens (including phenoxy) is 1. The van der Waals surface area contributed by atoms with E-state index >= 15 is 0 Å². The first-order valence-electron chi connectivity index (χ1n) is 15.3. The molecule has 1 aliphatic heterocycles. The first-order chi connectivity index (χ1) is 22.3. The fraction of sp³-hybridized carbons (Fsp3) is 0.343. The minimum atomic E-state index is -2.91. The number of benzene rings is 1. The smallest absolute Gasteiger partial charge is 0.272 e. The highest BCUT2D eigenvalue weighted by Crippen LogP contribution is 2.36. The van der Waals surface area contributed by atoms with E-state index in [0.29, 0.717) is 23.9 Å². The van der Waals surface area contributed by atoms with Crippen LogP contribution in [0.1, 0.15) is 43.5 Å². The number of hydrogen-bond acceptors (Lipinski definition) is 8. The van der Waals surface area contributed by atoms with Gasteiger partial charge in [-0.2, -0.15) is 0 Å². The van der Waals surface area contributed by atoms with Crippen molar-refractivity contribution < 1.29 is 23.1 Å². The van der Waals surface area contributed by atoms with Gasteiger partial charge in [-0.25, -0.2) is 8.78 Å². The van der Waals surface area contributed by atoms with Crippen LogP contribution < -0.4 is 32.2 Å². The predicted molar refractivity (Wildman–Crippen MR) is 180 cm³/mol. The number of pyridine rings is 1. The van der Waals surface area contributed by atoms with Gasteiger partial charge in [0.1, 0.15) is 17.3 Å². The topological polar surface area (TPSA) is 148 Å². The lowest BCUT2D eigenvalue weighted by molar-refractivity contribution is -0.121. The number of aromatic nitrogens is 1. The zero-order chi connectivity index (χ0) is 34.3. The highest BCUT2D eigenvalue weighted by atomic mass is 19.3.